The third-order valence-electron chi connectivity index (χ3n) is 4.70. The van der Waals surface area contributed by atoms with Gasteiger partial charge in [-0.15, -0.1) is 0 Å². The van der Waals surface area contributed by atoms with Crippen LogP contribution in [0.25, 0.3) is 0 Å². The fraction of sp³-hybridized carbons (Fsp3) is 0.750. The van der Waals surface area contributed by atoms with Gasteiger partial charge in [0.1, 0.15) is 5.82 Å². The van der Waals surface area contributed by atoms with Crippen molar-refractivity contribution < 1.29 is 13.9 Å². The van der Waals surface area contributed by atoms with Gasteiger partial charge >= 0.3 is 0 Å². The molecule has 0 amide bonds. The van der Waals surface area contributed by atoms with Crippen LogP contribution in [0.1, 0.15) is 51.4 Å². The summed E-state index contributed by atoms with van der Waals surface area (Å²) in [5.74, 6) is -1.34. The van der Waals surface area contributed by atoms with Gasteiger partial charge in [-0.25, -0.2) is 13.8 Å². The van der Waals surface area contributed by atoms with Crippen LogP contribution < -0.4 is 10.6 Å². The fourth-order valence-electron chi connectivity index (χ4n) is 3.38. The summed E-state index contributed by atoms with van der Waals surface area (Å²) in [5, 5.41) is 16.2. The van der Waals surface area contributed by atoms with Crippen LogP contribution in [0.15, 0.2) is 12.3 Å². The molecule has 3 rings (SSSR count). The zero-order valence-electron chi connectivity index (χ0n) is 13.1. The summed E-state index contributed by atoms with van der Waals surface area (Å²) in [5.41, 5.74) is 0. The lowest BCUT2D eigenvalue weighted by atomic mass is 9.92. The van der Waals surface area contributed by atoms with Crippen LogP contribution in [0, 0.1) is 0 Å². The Kier molecular flexibility index (Phi) is 4.94. The molecule has 3 N–H and O–H groups in total. The number of nitrogens with zero attached hydrogens (tertiary/aromatic N) is 2. The molecule has 1 heterocycles. The maximum Gasteiger partial charge on any atom is 0.248 e. The summed E-state index contributed by atoms with van der Waals surface area (Å²) < 4.78 is 26.4. The normalized spacial score (nSPS) is 28.3. The monoisotopic (exact) mass is 326 g/mol. The Bertz CT molecular complexity index is 519. The summed E-state index contributed by atoms with van der Waals surface area (Å²) in [6.07, 6.45) is 5.73. The van der Waals surface area contributed by atoms with E-state index >= 15 is 0 Å². The maximum absolute atomic E-state index is 13.2. The predicted molar refractivity (Wildman–Crippen MR) is 84.7 cm³/mol. The number of nitrogens with one attached hydrogen (secondary N) is 2. The molecule has 1 aromatic heterocycles. The first kappa shape index (κ1) is 16.4. The number of halogens is 2. The average molecular weight is 326 g/mol. The third kappa shape index (κ3) is 4.73. The molecular formula is C16H24F2N4O. The molecule has 2 atom stereocenters. The van der Waals surface area contributed by atoms with Gasteiger partial charge in [0, 0.05) is 31.1 Å². The van der Waals surface area contributed by atoms with E-state index in [4.69, 9.17) is 0 Å². The molecule has 2 saturated carbocycles. The van der Waals surface area contributed by atoms with Gasteiger partial charge in [-0.1, -0.05) is 0 Å². The third-order valence-corrected chi connectivity index (χ3v) is 4.70. The van der Waals surface area contributed by atoms with Crippen LogP contribution in [-0.4, -0.2) is 39.2 Å². The second kappa shape index (κ2) is 6.95. The van der Waals surface area contributed by atoms with Crippen LogP contribution >= 0.6 is 0 Å². The van der Waals surface area contributed by atoms with Crippen LogP contribution in [0.5, 0.6) is 0 Å². The van der Waals surface area contributed by atoms with Gasteiger partial charge in [0.2, 0.25) is 11.9 Å². The van der Waals surface area contributed by atoms with E-state index in [9.17, 15) is 13.9 Å². The first-order valence-electron chi connectivity index (χ1n) is 8.42. The lowest BCUT2D eigenvalue weighted by Gasteiger charge is -2.29. The minimum Gasteiger partial charge on any atom is -0.393 e. The van der Waals surface area contributed by atoms with Crippen molar-refractivity contribution in [1.82, 2.24) is 9.97 Å². The molecule has 7 heteroatoms. The number of alkyl halides is 2. The summed E-state index contributed by atoms with van der Waals surface area (Å²) in [6.45, 7) is 0. The molecule has 0 bridgehead atoms. The number of hydrogen-bond donors (Lipinski definition) is 3. The van der Waals surface area contributed by atoms with Crippen molar-refractivity contribution in [3.05, 3.63) is 12.3 Å². The van der Waals surface area contributed by atoms with Gasteiger partial charge in [0.15, 0.2) is 0 Å². The van der Waals surface area contributed by atoms with Gasteiger partial charge < -0.3 is 15.7 Å². The highest BCUT2D eigenvalue weighted by atomic mass is 19.3. The molecule has 0 unspecified atom stereocenters. The minimum absolute atomic E-state index is 0.00128. The molecule has 128 valence electrons. The largest absolute Gasteiger partial charge is 0.393 e. The van der Waals surface area contributed by atoms with E-state index < -0.39 is 5.92 Å². The molecule has 23 heavy (non-hydrogen) atoms. The summed E-state index contributed by atoms with van der Waals surface area (Å²) in [4.78, 5) is 8.60. The Balaban J connectivity index is 1.55. The van der Waals surface area contributed by atoms with E-state index in [1.165, 1.54) is 0 Å². The van der Waals surface area contributed by atoms with Crippen LogP contribution in [0.3, 0.4) is 0 Å². The standard InChI is InChI=1S/C16H24F2N4O/c17-16(18)7-4-11(5-8-16)21-15-19-9-6-14(22-15)20-12-2-1-3-13(23)10-12/h6,9,11-13,23H,1-5,7-8,10H2,(H2,19,20,21,22)/t12-,13+/m1/s1. The molecule has 5 nitrogen and oxygen atoms in total. The minimum atomic E-state index is -2.52. The zero-order valence-corrected chi connectivity index (χ0v) is 13.1. The van der Waals surface area contributed by atoms with Crippen LogP contribution in [-0.2, 0) is 0 Å². The molecule has 0 aliphatic heterocycles. The fourth-order valence-corrected chi connectivity index (χ4v) is 3.38. The second-order valence-electron chi connectivity index (χ2n) is 6.70. The number of anilines is 2. The van der Waals surface area contributed by atoms with E-state index in [-0.39, 0.29) is 31.0 Å². The van der Waals surface area contributed by atoms with Gasteiger partial charge in [0.25, 0.3) is 0 Å². The van der Waals surface area contributed by atoms with Crippen LogP contribution in [0.2, 0.25) is 0 Å². The Labute approximate surface area is 134 Å². The Morgan fingerprint density at radius 2 is 1.87 bits per heavy atom. The average Bonchev–Trinajstić information content (AvgIpc) is 2.50. The molecular weight excluding hydrogens is 302 g/mol. The number of hydrogen-bond acceptors (Lipinski definition) is 5. The van der Waals surface area contributed by atoms with Crippen molar-refractivity contribution in [3.63, 3.8) is 0 Å². The highest BCUT2D eigenvalue weighted by molar-refractivity contribution is 5.41. The highest BCUT2D eigenvalue weighted by Gasteiger charge is 2.35. The number of aromatic nitrogens is 2. The first-order valence-corrected chi connectivity index (χ1v) is 8.42. The predicted octanol–water partition coefficient (Wildman–Crippen LogP) is 3.18. The quantitative estimate of drug-likeness (QED) is 0.793. The summed E-state index contributed by atoms with van der Waals surface area (Å²) in [6, 6.07) is 2.01. The lowest BCUT2D eigenvalue weighted by molar-refractivity contribution is -0.0361. The van der Waals surface area contributed by atoms with E-state index in [1.54, 1.807) is 12.3 Å². The van der Waals surface area contributed by atoms with Crippen molar-refractivity contribution in [1.29, 1.82) is 0 Å². The van der Waals surface area contributed by atoms with Gasteiger partial charge in [-0.2, -0.15) is 4.98 Å². The van der Waals surface area contributed by atoms with Gasteiger partial charge in [0.05, 0.1) is 6.10 Å². The van der Waals surface area contributed by atoms with E-state index in [0.29, 0.717) is 24.6 Å². The summed E-state index contributed by atoms with van der Waals surface area (Å²) >= 11 is 0. The van der Waals surface area contributed by atoms with Crippen LogP contribution in [0.4, 0.5) is 20.5 Å². The van der Waals surface area contributed by atoms with Crippen molar-refractivity contribution in [2.24, 2.45) is 0 Å². The summed E-state index contributed by atoms with van der Waals surface area (Å²) in [7, 11) is 0. The molecule has 2 fully saturated rings. The molecule has 0 saturated heterocycles. The van der Waals surface area contributed by atoms with Gasteiger partial charge in [-0.3, -0.25) is 0 Å². The van der Waals surface area contributed by atoms with E-state index in [2.05, 4.69) is 20.6 Å². The highest BCUT2D eigenvalue weighted by Crippen LogP contribution is 2.34. The number of aliphatic hydroxyl groups excluding tert-OH is 1. The molecule has 0 aromatic carbocycles. The zero-order chi connectivity index (χ0) is 16.3. The van der Waals surface area contributed by atoms with E-state index in [1.807, 2.05) is 0 Å². The smallest absolute Gasteiger partial charge is 0.248 e. The molecule has 1 aromatic rings. The van der Waals surface area contributed by atoms with Gasteiger partial charge in [-0.05, 0) is 44.6 Å². The first-order chi connectivity index (χ1) is 11.0. The SMILES string of the molecule is O[C@H]1CCC[C@@H](Nc2ccnc(NC3CCC(F)(F)CC3)n2)C1. The molecule has 0 radical (unpaired) electrons. The molecule has 2 aliphatic rings. The lowest BCUT2D eigenvalue weighted by Crippen LogP contribution is -2.33. The molecule has 0 spiro atoms. The number of aliphatic hydroxyl groups is 1. The van der Waals surface area contributed by atoms with Crippen molar-refractivity contribution in [2.75, 3.05) is 10.6 Å². The topological polar surface area (TPSA) is 70.1 Å². The van der Waals surface area contributed by atoms with Crippen molar-refractivity contribution >= 4 is 11.8 Å². The Hall–Kier alpha value is -1.50. The van der Waals surface area contributed by atoms with Crippen molar-refractivity contribution in [3.8, 4) is 0 Å². The van der Waals surface area contributed by atoms with Crippen molar-refractivity contribution in [2.45, 2.75) is 75.5 Å². The van der Waals surface area contributed by atoms with E-state index in [0.717, 1.165) is 25.7 Å². The maximum atomic E-state index is 13.2. The Morgan fingerprint density at radius 3 is 2.61 bits per heavy atom. The number of rotatable bonds is 4. The second-order valence-corrected chi connectivity index (χ2v) is 6.70. The molecule has 2 aliphatic carbocycles. The Morgan fingerprint density at radius 1 is 1.09 bits per heavy atom.